The van der Waals surface area contributed by atoms with Crippen LogP contribution in [-0.4, -0.2) is 24.5 Å². The molecule has 2 heterocycles. The van der Waals surface area contributed by atoms with Gasteiger partial charge in [0.2, 0.25) is 5.76 Å². The van der Waals surface area contributed by atoms with Gasteiger partial charge in [-0.2, -0.15) is 0 Å². The molecule has 2 N–H and O–H groups in total. The van der Waals surface area contributed by atoms with Crippen molar-refractivity contribution in [1.82, 2.24) is 4.98 Å². The maximum Gasteiger partial charge on any atom is 0.371 e. The molecule has 0 spiro atoms. The Labute approximate surface area is 126 Å². The summed E-state index contributed by atoms with van der Waals surface area (Å²) in [6, 6.07) is 3.73. The molecule has 0 radical (unpaired) electrons. The Morgan fingerprint density at radius 1 is 1.45 bits per heavy atom. The van der Waals surface area contributed by atoms with Gasteiger partial charge in [0.25, 0.3) is 10.0 Å². The zero-order valence-corrected chi connectivity index (χ0v) is 12.7. The lowest BCUT2D eigenvalue weighted by Crippen LogP contribution is -2.12. The van der Waals surface area contributed by atoms with Crippen LogP contribution in [0, 0.1) is 0 Å². The van der Waals surface area contributed by atoms with Gasteiger partial charge in [0, 0.05) is 6.07 Å². The van der Waals surface area contributed by atoms with Gasteiger partial charge in [-0.1, -0.05) is 11.6 Å². The van der Waals surface area contributed by atoms with Crippen molar-refractivity contribution < 1.29 is 22.7 Å². The van der Waals surface area contributed by atoms with Crippen molar-refractivity contribution in [2.45, 2.75) is 4.90 Å². The van der Waals surface area contributed by atoms with Crippen molar-refractivity contribution in [2.24, 2.45) is 0 Å². The van der Waals surface area contributed by atoms with E-state index in [9.17, 15) is 13.2 Å². The van der Waals surface area contributed by atoms with Gasteiger partial charge in [-0.05, 0) is 28.1 Å². The molecular weight excluding hydrogens is 376 g/mol. The molecule has 0 unspecified atom stereocenters. The standard InChI is InChI=1S/C10H6BrClN2O5S/c11-9-7(3-6(19-9)10(15)16)20(17,18)14-5-1-2-8(12)13-4-5/h1-4,14H,(H,15,16). The number of furan rings is 1. The summed E-state index contributed by atoms with van der Waals surface area (Å²) in [4.78, 5) is 14.1. The smallest absolute Gasteiger partial charge is 0.371 e. The predicted molar refractivity (Wildman–Crippen MR) is 73.4 cm³/mol. The number of hydrogen-bond donors (Lipinski definition) is 2. The van der Waals surface area contributed by atoms with Gasteiger partial charge in [-0.25, -0.2) is 18.2 Å². The van der Waals surface area contributed by atoms with Crippen LogP contribution in [0.2, 0.25) is 5.15 Å². The second-order valence-electron chi connectivity index (χ2n) is 3.53. The molecule has 0 saturated heterocycles. The van der Waals surface area contributed by atoms with Crippen LogP contribution in [0.15, 0.2) is 38.4 Å². The minimum Gasteiger partial charge on any atom is -0.475 e. The van der Waals surface area contributed by atoms with Crippen LogP contribution in [0.1, 0.15) is 10.6 Å². The van der Waals surface area contributed by atoms with E-state index in [0.717, 1.165) is 6.07 Å². The van der Waals surface area contributed by atoms with Gasteiger partial charge in [0.15, 0.2) is 4.67 Å². The summed E-state index contributed by atoms with van der Waals surface area (Å²) >= 11 is 8.45. The number of hydrogen-bond acceptors (Lipinski definition) is 5. The molecule has 10 heteroatoms. The van der Waals surface area contributed by atoms with E-state index in [1.54, 1.807) is 0 Å². The van der Waals surface area contributed by atoms with Crippen molar-refractivity contribution in [3.05, 3.63) is 40.0 Å². The molecule has 20 heavy (non-hydrogen) atoms. The van der Waals surface area contributed by atoms with Gasteiger partial charge in [-0.15, -0.1) is 0 Å². The lowest BCUT2D eigenvalue weighted by atomic mass is 10.4. The first-order valence-electron chi connectivity index (χ1n) is 4.96. The van der Waals surface area contributed by atoms with Crippen molar-refractivity contribution in [3.8, 4) is 0 Å². The molecule has 0 aliphatic rings. The quantitative estimate of drug-likeness (QED) is 0.788. The topological polar surface area (TPSA) is 110 Å². The number of nitrogens with zero attached hydrogens (tertiary/aromatic N) is 1. The summed E-state index contributed by atoms with van der Waals surface area (Å²) in [6.07, 6.45) is 1.23. The van der Waals surface area contributed by atoms with Crippen LogP contribution >= 0.6 is 27.5 Å². The lowest BCUT2D eigenvalue weighted by Gasteiger charge is -2.05. The van der Waals surface area contributed by atoms with E-state index in [-0.39, 0.29) is 20.4 Å². The number of nitrogens with one attached hydrogen (secondary N) is 1. The number of carboxylic acid groups (broad SMARTS) is 1. The fraction of sp³-hybridized carbons (Fsp3) is 0. The highest BCUT2D eigenvalue weighted by molar-refractivity contribution is 9.10. The number of pyridine rings is 1. The summed E-state index contributed by atoms with van der Waals surface area (Å²) in [5.74, 6) is -1.87. The second kappa shape index (κ2) is 5.43. The van der Waals surface area contributed by atoms with Crippen molar-refractivity contribution in [2.75, 3.05) is 4.72 Å². The number of halogens is 2. The Bertz CT molecular complexity index is 756. The number of rotatable bonds is 4. The molecule has 0 saturated carbocycles. The van der Waals surface area contributed by atoms with Crippen LogP contribution in [0.5, 0.6) is 0 Å². The van der Waals surface area contributed by atoms with E-state index in [1.165, 1.54) is 18.3 Å². The minimum absolute atomic E-state index is 0.180. The molecule has 0 atom stereocenters. The number of sulfonamides is 1. The molecule has 0 bridgehead atoms. The van der Waals surface area contributed by atoms with Gasteiger partial charge in [-0.3, -0.25) is 4.72 Å². The number of anilines is 1. The van der Waals surface area contributed by atoms with Crippen LogP contribution in [0.25, 0.3) is 0 Å². The lowest BCUT2D eigenvalue weighted by molar-refractivity contribution is 0.0661. The van der Waals surface area contributed by atoms with Crippen LogP contribution in [0.3, 0.4) is 0 Å². The second-order valence-corrected chi connectivity index (χ2v) is 6.29. The summed E-state index contributed by atoms with van der Waals surface area (Å²) < 4.78 is 31.0. The Morgan fingerprint density at radius 2 is 2.15 bits per heavy atom. The first kappa shape index (κ1) is 14.8. The number of carbonyl (C=O) groups is 1. The Kier molecular flexibility index (Phi) is 4.02. The number of aromatic nitrogens is 1. The van der Waals surface area contributed by atoms with Crippen LogP contribution in [-0.2, 0) is 10.0 Å². The summed E-state index contributed by atoms with van der Waals surface area (Å²) in [5, 5.41) is 8.97. The third kappa shape index (κ3) is 3.11. The van der Waals surface area contributed by atoms with E-state index in [1.807, 2.05) is 0 Å². The van der Waals surface area contributed by atoms with E-state index in [4.69, 9.17) is 21.1 Å². The first-order chi connectivity index (χ1) is 9.29. The van der Waals surface area contributed by atoms with Gasteiger partial charge >= 0.3 is 5.97 Å². The SMILES string of the molecule is O=C(O)c1cc(S(=O)(=O)Nc2ccc(Cl)nc2)c(Br)o1. The van der Waals surface area contributed by atoms with E-state index >= 15 is 0 Å². The minimum atomic E-state index is -4.01. The Morgan fingerprint density at radius 3 is 2.65 bits per heavy atom. The maximum atomic E-state index is 12.1. The molecular formula is C10H6BrClN2O5S. The normalized spacial score (nSPS) is 11.3. The molecule has 0 amide bonds. The Balaban J connectivity index is 2.35. The fourth-order valence-electron chi connectivity index (χ4n) is 1.29. The number of carboxylic acids is 1. The monoisotopic (exact) mass is 380 g/mol. The Hall–Kier alpha value is -1.58. The van der Waals surface area contributed by atoms with E-state index < -0.39 is 21.8 Å². The molecule has 2 aromatic heterocycles. The van der Waals surface area contributed by atoms with Crippen molar-refractivity contribution in [3.63, 3.8) is 0 Å². The highest BCUT2D eigenvalue weighted by Crippen LogP contribution is 2.27. The van der Waals surface area contributed by atoms with Crippen LogP contribution in [0.4, 0.5) is 5.69 Å². The first-order valence-corrected chi connectivity index (χ1v) is 7.62. The van der Waals surface area contributed by atoms with Gasteiger partial charge in [0.1, 0.15) is 10.0 Å². The summed E-state index contributed by atoms with van der Waals surface area (Å²) in [5.41, 5.74) is 0.180. The molecule has 106 valence electrons. The summed E-state index contributed by atoms with van der Waals surface area (Å²) in [6.45, 7) is 0. The summed E-state index contributed by atoms with van der Waals surface area (Å²) in [7, 11) is -4.01. The number of aromatic carboxylic acids is 1. The molecule has 0 aliphatic carbocycles. The largest absolute Gasteiger partial charge is 0.475 e. The molecule has 2 aromatic rings. The van der Waals surface area contributed by atoms with Gasteiger partial charge < -0.3 is 9.52 Å². The highest BCUT2D eigenvalue weighted by atomic mass is 79.9. The maximum absolute atomic E-state index is 12.1. The molecule has 0 aliphatic heterocycles. The fourth-order valence-corrected chi connectivity index (χ4v) is 3.38. The highest BCUT2D eigenvalue weighted by Gasteiger charge is 2.25. The molecule has 2 rings (SSSR count). The zero-order valence-electron chi connectivity index (χ0n) is 9.50. The zero-order chi connectivity index (χ0) is 14.9. The third-order valence-electron chi connectivity index (χ3n) is 2.14. The van der Waals surface area contributed by atoms with Crippen LogP contribution < -0.4 is 4.72 Å². The molecule has 0 aromatic carbocycles. The van der Waals surface area contributed by atoms with E-state index in [0.29, 0.717) is 0 Å². The van der Waals surface area contributed by atoms with E-state index in [2.05, 4.69) is 25.6 Å². The van der Waals surface area contributed by atoms with Crippen molar-refractivity contribution >= 4 is 49.2 Å². The average Bonchev–Trinajstić information content (AvgIpc) is 2.75. The predicted octanol–water partition coefficient (Wildman–Crippen LogP) is 2.59. The third-order valence-corrected chi connectivity index (χ3v) is 4.60. The molecule has 7 nitrogen and oxygen atoms in total. The van der Waals surface area contributed by atoms with Crippen molar-refractivity contribution in [1.29, 1.82) is 0 Å². The van der Waals surface area contributed by atoms with Gasteiger partial charge in [0.05, 0.1) is 11.9 Å². The average molecular weight is 382 g/mol. The molecule has 0 fully saturated rings.